The smallest absolute Gasteiger partial charge is 0.149 e. The van der Waals surface area contributed by atoms with E-state index in [0.717, 1.165) is 28.2 Å². The van der Waals surface area contributed by atoms with Crippen LogP contribution in [0.1, 0.15) is 11.1 Å². The van der Waals surface area contributed by atoms with Crippen molar-refractivity contribution in [2.75, 3.05) is 6.61 Å². The molecule has 104 valence electrons. The standard InChI is InChI=1S/C19H16O2/c1-3-13-20-17-12-8-7-11-16(17)19-18(14(2)21-19)15-9-5-4-6-10-15/h3-12H,1-2,13H2. The molecule has 0 aliphatic carbocycles. The SMILES string of the molecule is C=CCOc1ccccc1C1=C(c2ccccc2)C(=C)O1. The zero-order valence-corrected chi connectivity index (χ0v) is 11.7. The molecule has 0 amide bonds. The summed E-state index contributed by atoms with van der Waals surface area (Å²) >= 11 is 0. The van der Waals surface area contributed by atoms with E-state index in [9.17, 15) is 0 Å². The summed E-state index contributed by atoms with van der Waals surface area (Å²) in [6, 6.07) is 17.9. The minimum atomic E-state index is 0.464. The van der Waals surface area contributed by atoms with Crippen LogP contribution in [0.2, 0.25) is 0 Å². The van der Waals surface area contributed by atoms with Gasteiger partial charge in [-0.2, -0.15) is 0 Å². The molecule has 2 nitrogen and oxygen atoms in total. The normalized spacial score (nSPS) is 13.4. The Labute approximate surface area is 124 Å². The lowest BCUT2D eigenvalue weighted by Gasteiger charge is -2.28. The van der Waals surface area contributed by atoms with E-state index in [0.29, 0.717) is 12.4 Å². The second-order valence-electron chi connectivity index (χ2n) is 4.69. The molecule has 0 spiro atoms. The molecule has 1 aliphatic rings. The molecule has 0 aromatic heterocycles. The minimum absolute atomic E-state index is 0.464. The summed E-state index contributed by atoms with van der Waals surface area (Å²) < 4.78 is 11.4. The van der Waals surface area contributed by atoms with Gasteiger partial charge in [0.25, 0.3) is 0 Å². The molecule has 0 saturated heterocycles. The van der Waals surface area contributed by atoms with Crippen molar-refractivity contribution < 1.29 is 9.47 Å². The second-order valence-corrected chi connectivity index (χ2v) is 4.69. The Morgan fingerprint density at radius 3 is 2.43 bits per heavy atom. The van der Waals surface area contributed by atoms with Gasteiger partial charge < -0.3 is 9.47 Å². The van der Waals surface area contributed by atoms with Gasteiger partial charge in [-0.05, 0) is 17.7 Å². The van der Waals surface area contributed by atoms with E-state index < -0.39 is 0 Å². The van der Waals surface area contributed by atoms with Crippen LogP contribution in [0.4, 0.5) is 0 Å². The summed E-state index contributed by atoms with van der Waals surface area (Å²) in [6.07, 6.45) is 1.73. The third-order valence-electron chi connectivity index (χ3n) is 3.28. The largest absolute Gasteiger partial charge is 0.489 e. The van der Waals surface area contributed by atoms with Crippen LogP contribution in [0.3, 0.4) is 0 Å². The predicted molar refractivity (Wildman–Crippen MR) is 85.6 cm³/mol. The first kappa shape index (κ1) is 13.3. The number of benzene rings is 2. The van der Waals surface area contributed by atoms with Crippen molar-refractivity contribution >= 4 is 11.3 Å². The van der Waals surface area contributed by atoms with Crippen molar-refractivity contribution in [3.05, 3.63) is 90.7 Å². The first-order chi connectivity index (χ1) is 10.3. The Morgan fingerprint density at radius 1 is 1.00 bits per heavy atom. The summed E-state index contributed by atoms with van der Waals surface area (Å²) in [4.78, 5) is 0. The minimum Gasteiger partial charge on any atom is -0.489 e. The van der Waals surface area contributed by atoms with E-state index in [-0.39, 0.29) is 0 Å². The maximum atomic E-state index is 5.70. The molecule has 3 rings (SSSR count). The Morgan fingerprint density at radius 2 is 1.71 bits per heavy atom. The van der Waals surface area contributed by atoms with Crippen LogP contribution in [0.15, 0.2) is 79.6 Å². The van der Waals surface area contributed by atoms with E-state index in [1.807, 2.05) is 42.5 Å². The maximum absolute atomic E-state index is 5.70. The first-order valence-electron chi connectivity index (χ1n) is 6.81. The van der Waals surface area contributed by atoms with Gasteiger partial charge in [0, 0.05) is 0 Å². The summed E-state index contributed by atoms with van der Waals surface area (Å²) in [7, 11) is 0. The number of hydrogen-bond acceptors (Lipinski definition) is 2. The van der Waals surface area contributed by atoms with Gasteiger partial charge in [-0.1, -0.05) is 61.7 Å². The van der Waals surface area contributed by atoms with Gasteiger partial charge in [-0.25, -0.2) is 0 Å². The quantitative estimate of drug-likeness (QED) is 0.739. The molecular weight excluding hydrogens is 260 g/mol. The Balaban J connectivity index is 2.06. The van der Waals surface area contributed by atoms with E-state index >= 15 is 0 Å². The van der Waals surface area contributed by atoms with Crippen LogP contribution < -0.4 is 4.74 Å². The maximum Gasteiger partial charge on any atom is 0.149 e. The first-order valence-corrected chi connectivity index (χ1v) is 6.81. The van der Waals surface area contributed by atoms with Gasteiger partial charge in [0.15, 0.2) is 0 Å². The Kier molecular flexibility index (Phi) is 3.61. The van der Waals surface area contributed by atoms with Crippen molar-refractivity contribution in [3.8, 4) is 5.75 Å². The van der Waals surface area contributed by atoms with Crippen LogP contribution in [-0.2, 0) is 4.74 Å². The summed E-state index contributed by atoms with van der Waals surface area (Å²) in [5.74, 6) is 2.29. The molecule has 1 aliphatic heterocycles. The molecule has 2 heteroatoms. The van der Waals surface area contributed by atoms with Gasteiger partial charge in [0.2, 0.25) is 0 Å². The second kappa shape index (κ2) is 5.71. The van der Waals surface area contributed by atoms with Crippen molar-refractivity contribution in [2.24, 2.45) is 0 Å². The van der Waals surface area contributed by atoms with Crippen molar-refractivity contribution in [1.82, 2.24) is 0 Å². The lowest BCUT2D eigenvalue weighted by atomic mass is 9.95. The highest BCUT2D eigenvalue weighted by molar-refractivity contribution is 6.01. The van der Waals surface area contributed by atoms with Crippen LogP contribution >= 0.6 is 0 Å². The zero-order chi connectivity index (χ0) is 14.7. The highest BCUT2D eigenvalue weighted by atomic mass is 16.5. The molecular formula is C19H16O2. The molecule has 0 radical (unpaired) electrons. The molecule has 2 aromatic rings. The third kappa shape index (κ3) is 2.48. The van der Waals surface area contributed by atoms with Crippen molar-refractivity contribution in [1.29, 1.82) is 0 Å². The van der Waals surface area contributed by atoms with Gasteiger partial charge in [-0.15, -0.1) is 0 Å². The summed E-state index contributed by atoms with van der Waals surface area (Å²) in [6.45, 7) is 8.09. The molecule has 0 saturated carbocycles. The van der Waals surface area contributed by atoms with E-state index in [2.05, 4.69) is 25.3 Å². The third-order valence-corrected chi connectivity index (χ3v) is 3.28. The molecule has 2 aromatic carbocycles. The number of ether oxygens (including phenoxy) is 2. The van der Waals surface area contributed by atoms with Gasteiger partial charge >= 0.3 is 0 Å². The lowest BCUT2D eigenvalue weighted by Crippen LogP contribution is -2.10. The number of para-hydroxylation sites is 1. The fourth-order valence-electron chi connectivity index (χ4n) is 2.32. The van der Waals surface area contributed by atoms with Gasteiger partial charge in [-0.3, -0.25) is 0 Å². The number of rotatable bonds is 5. The molecule has 21 heavy (non-hydrogen) atoms. The fraction of sp³-hybridized carbons (Fsp3) is 0.0526. The van der Waals surface area contributed by atoms with Crippen LogP contribution in [0, 0.1) is 0 Å². The Bertz CT molecular complexity index is 711. The van der Waals surface area contributed by atoms with Gasteiger partial charge in [0.05, 0.1) is 11.1 Å². The molecule has 0 fully saturated rings. The van der Waals surface area contributed by atoms with E-state index in [4.69, 9.17) is 9.47 Å². The fourth-order valence-corrected chi connectivity index (χ4v) is 2.32. The van der Waals surface area contributed by atoms with Crippen LogP contribution in [0.25, 0.3) is 11.3 Å². The van der Waals surface area contributed by atoms with E-state index in [1.54, 1.807) is 6.08 Å². The average Bonchev–Trinajstić information content (AvgIpc) is 2.52. The number of hydrogen-bond donors (Lipinski definition) is 0. The average molecular weight is 276 g/mol. The zero-order valence-electron chi connectivity index (χ0n) is 11.7. The van der Waals surface area contributed by atoms with E-state index in [1.165, 1.54) is 0 Å². The topological polar surface area (TPSA) is 18.5 Å². The Hall–Kier alpha value is -2.74. The molecule has 0 atom stereocenters. The molecule has 0 unspecified atom stereocenters. The highest BCUT2D eigenvalue weighted by Crippen LogP contribution is 2.45. The molecule has 0 N–H and O–H groups in total. The van der Waals surface area contributed by atoms with Crippen LogP contribution in [0.5, 0.6) is 5.75 Å². The lowest BCUT2D eigenvalue weighted by molar-refractivity contribution is 0.347. The van der Waals surface area contributed by atoms with Crippen LogP contribution in [-0.4, -0.2) is 6.61 Å². The summed E-state index contributed by atoms with van der Waals surface area (Å²) in [5.41, 5.74) is 3.07. The van der Waals surface area contributed by atoms with Gasteiger partial charge in [0.1, 0.15) is 23.9 Å². The highest BCUT2D eigenvalue weighted by Gasteiger charge is 2.28. The predicted octanol–water partition coefficient (Wildman–Crippen LogP) is 4.66. The summed E-state index contributed by atoms with van der Waals surface area (Å²) in [5, 5.41) is 0. The molecule has 1 heterocycles. The monoisotopic (exact) mass is 276 g/mol. The molecule has 0 bridgehead atoms. The number of allylic oxidation sites excluding steroid dienone is 1. The van der Waals surface area contributed by atoms with Crippen molar-refractivity contribution in [2.45, 2.75) is 0 Å². The van der Waals surface area contributed by atoms with Crippen molar-refractivity contribution in [3.63, 3.8) is 0 Å².